The van der Waals surface area contributed by atoms with Gasteiger partial charge in [-0.1, -0.05) is 97.4 Å². The topological polar surface area (TPSA) is 65.7 Å². The molecule has 0 N–H and O–H groups in total. The number of rotatable bonds is 7. The standard InChI is InChI=1S/C35H31N5O/c1-5-13-27(14-6-1)35(28-15-7-2-8-16-28,29-17-9-3-10-18-29)40-31-21-22-38-34(41-30-19-11-4-12-20-30)32(31)33(39-40)26-23-36-25-37-24-26/h1-3,5-10,13-18,21-25,30H,4,11-12,19-20H2. The molecule has 6 nitrogen and oxygen atoms in total. The van der Waals surface area contributed by atoms with Crippen LogP contribution in [-0.4, -0.2) is 30.8 Å². The minimum atomic E-state index is -0.778. The molecule has 1 saturated carbocycles. The van der Waals surface area contributed by atoms with Gasteiger partial charge in [-0.05, 0) is 48.4 Å². The second kappa shape index (κ2) is 11.0. The molecule has 0 amide bonds. The van der Waals surface area contributed by atoms with Crippen LogP contribution in [0.4, 0.5) is 0 Å². The Morgan fingerprint density at radius 2 is 1.24 bits per heavy atom. The summed E-state index contributed by atoms with van der Waals surface area (Å²) in [7, 11) is 0. The normalized spacial score (nSPS) is 14.2. The van der Waals surface area contributed by atoms with E-state index in [1.54, 1.807) is 6.33 Å². The van der Waals surface area contributed by atoms with Gasteiger partial charge in [0.15, 0.2) is 0 Å². The molecule has 0 atom stereocenters. The van der Waals surface area contributed by atoms with Crippen LogP contribution in [0.5, 0.6) is 5.88 Å². The predicted octanol–water partition coefficient (Wildman–Crippen LogP) is 7.44. The first-order valence-electron chi connectivity index (χ1n) is 14.3. The maximum atomic E-state index is 6.67. The van der Waals surface area contributed by atoms with E-state index < -0.39 is 5.54 Å². The van der Waals surface area contributed by atoms with Crippen LogP contribution in [0.3, 0.4) is 0 Å². The molecule has 0 bridgehead atoms. The summed E-state index contributed by atoms with van der Waals surface area (Å²) in [6.45, 7) is 0. The number of fused-ring (bicyclic) bond motifs is 1. The Morgan fingerprint density at radius 1 is 0.683 bits per heavy atom. The van der Waals surface area contributed by atoms with Crippen LogP contribution in [0.2, 0.25) is 0 Å². The summed E-state index contributed by atoms with van der Waals surface area (Å²) in [6, 6.07) is 33.8. The first-order chi connectivity index (χ1) is 20.4. The maximum absolute atomic E-state index is 6.67. The minimum absolute atomic E-state index is 0.146. The summed E-state index contributed by atoms with van der Waals surface area (Å²) in [5.41, 5.74) is 5.03. The molecule has 0 saturated heterocycles. The number of nitrogens with zero attached hydrogens (tertiary/aromatic N) is 5. The molecule has 1 aliphatic carbocycles. The SMILES string of the molecule is c1ccc(C(c2ccccc2)(c2ccccc2)n2nc(-c3cncnc3)c3c(OC4CCCCC4)nccc32)cc1. The Bertz CT molecular complexity index is 1630. The van der Waals surface area contributed by atoms with E-state index in [9.17, 15) is 0 Å². The third-order valence-electron chi connectivity index (χ3n) is 8.12. The van der Waals surface area contributed by atoms with Crippen LogP contribution in [0.25, 0.3) is 22.2 Å². The van der Waals surface area contributed by atoms with Crippen molar-refractivity contribution in [3.8, 4) is 17.1 Å². The van der Waals surface area contributed by atoms with E-state index >= 15 is 0 Å². The van der Waals surface area contributed by atoms with Gasteiger partial charge >= 0.3 is 0 Å². The summed E-state index contributed by atoms with van der Waals surface area (Å²) < 4.78 is 8.82. The Balaban J connectivity index is 1.58. The van der Waals surface area contributed by atoms with Crippen LogP contribution < -0.4 is 4.74 Å². The zero-order chi connectivity index (χ0) is 27.5. The highest BCUT2D eigenvalue weighted by molar-refractivity contribution is 5.97. The van der Waals surface area contributed by atoms with Crippen molar-refractivity contribution in [2.24, 2.45) is 0 Å². The summed E-state index contributed by atoms with van der Waals surface area (Å²) in [4.78, 5) is 13.5. The van der Waals surface area contributed by atoms with Gasteiger partial charge in [0.25, 0.3) is 0 Å². The van der Waals surface area contributed by atoms with Crippen molar-refractivity contribution in [1.82, 2.24) is 24.7 Å². The summed E-state index contributed by atoms with van der Waals surface area (Å²) in [5, 5.41) is 6.31. The van der Waals surface area contributed by atoms with Crippen molar-refractivity contribution in [3.05, 3.63) is 139 Å². The molecular weight excluding hydrogens is 506 g/mol. The van der Waals surface area contributed by atoms with E-state index in [1.165, 1.54) is 19.3 Å². The van der Waals surface area contributed by atoms with E-state index in [0.29, 0.717) is 5.88 Å². The van der Waals surface area contributed by atoms with Crippen molar-refractivity contribution in [3.63, 3.8) is 0 Å². The van der Waals surface area contributed by atoms with E-state index in [-0.39, 0.29) is 6.10 Å². The van der Waals surface area contributed by atoms with Gasteiger partial charge in [0, 0.05) is 24.2 Å². The highest BCUT2D eigenvalue weighted by Crippen LogP contribution is 2.45. The molecule has 0 unspecified atom stereocenters. The molecule has 41 heavy (non-hydrogen) atoms. The molecule has 1 aliphatic rings. The fourth-order valence-corrected chi connectivity index (χ4v) is 6.25. The number of benzene rings is 3. The lowest BCUT2D eigenvalue weighted by Gasteiger charge is -2.37. The lowest BCUT2D eigenvalue weighted by molar-refractivity contribution is 0.151. The Morgan fingerprint density at radius 3 is 1.80 bits per heavy atom. The fourth-order valence-electron chi connectivity index (χ4n) is 6.25. The molecule has 3 heterocycles. The predicted molar refractivity (Wildman–Crippen MR) is 161 cm³/mol. The average Bonchev–Trinajstić information content (AvgIpc) is 3.45. The van der Waals surface area contributed by atoms with Crippen molar-refractivity contribution in [2.75, 3.05) is 0 Å². The smallest absolute Gasteiger partial charge is 0.225 e. The molecule has 3 aromatic heterocycles. The quantitative estimate of drug-likeness (QED) is 0.198. The zero-order valence-electron chi connectivity index (χ0n) is 22.8. The first kappa shape index (κ1) is 25.1. The highest BCUT2D eigenvalue weighted by Gasteiger charge is 2.41. The van der Waals surface area contributed by atoms with Gasteiger partial charge in [0.05, 0.1) is 10.9 Å². The fraction of sp³-hybridized carbons (Fsp3) is 0.200. The lowest BCUT2D eigenvalue weighted by atomic mass is 9.77. The van der Waals surface area contributed by atoms with Gasteiger partial charge in [-0.15, -0.1) is 0 Å². The highest BCUT2D eigenvalue weighted by atomic mass is 16.5. The molecule has 0 spiro atoms. The molecule has 202 valence electrons. The summed E-state index contributed by atoms with van der Waals surface area (Å²) in [6.07, 6.45) is 12.9. The number of ether oxygens (including phenoxy) is 1. The molecule has 6 heteroatoms. The first-order valence-corrected chi connectivity index (χ1v) is 14.3. The maximum Gasteiger partial charge on any atom is 0.225 e. The lowest BCUT2D eigenvalue weighted by Crippen LogP contribution is -2.38. The van der Waals surface area contributed by atoms with Crippen LogP contribution in [0.1, 0.15) is 48.8 Å². The Hall–Kier alpha value is -4.84. The molecule has 0 aliphatic heterocycles. The van der Waals surface area contributed by atoms with E-state index in [0.717, 1.165) is 51.7 Å². The van der Waals surface area contributed by atoms with E-state index in [2.05, 4.69) is 106 Å². The second-order valence-corrected chi connectivity index (χ2v) is 10.6. The Labute approximate surface area is 239 Å². The van der Waals surface area contributed by atoms with E-state index in [1.807, 2.05) is 24.7 Å². The van der Waals surface area contributed by atoms with Crippen LogP contribution >= 0.6 is 0 Å². The second-order valence-electron chi connectivity index (χ2n) is 10.6. The molecule has 7 rings (SSSR count). The van der Waals surface area contributed by atoms with Gasteiger partial charge in [-0.25, -0.2) is 19.6 Å². The molecule has 0 radical (unpaired) electrons. The molecular formula is C35H31N5O. The third-order valence-corrected chi connectivity index (χ3v) is 8.12. The number of hydrogen-bond acceptors (Lipinski definition) is 5. The zero-order valence-corrected chi connectivity index (χ0v) is 22.8. The van der Waals surface area contributed by atoms with E-state index in [4.69, 9.17) is 14.8 Å². The van der Waals surface area contributed by atoms with Gasteiger partial charge in [0.2, 0.25) is 5.88 Å². The van der Waals surface area contributed by atoms with Crippen molar-refractivity contribution < 1.29 is 4.74 Å². The third kappa shape index (κ3) is 4.45. The monoisotopic (exact) mass is 537 g/mol. The van der Waals surface area contributed by atoms with Gasteiger partial charge in [-0.2, -0.15) is 5.10 Å². The Kier molecular flexibility index (Phi) is 6.73. The summed E-state index contributed by atoms with van der Waals surface area (Å²) in [5.74, 6) is 0.614. The van der Waals surface area contributed by atoms with Crippen LogP contribution in [0.15, 0.2) is 122 Å². The van der Waals surface area contributed by atoms with Crippen molar-refractivity contribution in [2.45, 2.75) is 43.7 Å². The van der Waals surface area contributed by atoms with Gasteiger partial charge in [0.1, 0.15) is 23.7 Å². The minimum Gasteiger partial charge on any atom is -0.474 e. The van der Waals surface area contributed by atoms with Crippen LogP contribution in [0, 0.1) is 0 Å². The van der Waals surface area contributed by atoms with Crippen molar-refractivity contribution >= 4 is 10.9 Å². The largest absolute Gasteiger partial charge is 0.474 e. The molecule has 1 fully saturated rings. The van der Waals surface area contributed by atoms with Crippen molar-refractivity contribution in [1.29, 1.82) is 0 Å². The van der Waals surface area contributed by atoms with Gasteiger partial charge < -0.3 is 4.74 Å². The molecule has 3 aromatic carbocycles. The number of aromatic nitrogens is 5. The summed E-state index contributed by atoms with van der Waals surface area (Å²) >= 11 is 0. The van der Waals surface area contributed by atoms with Crippen LogP contribution in [-0.2, 0) is 5.54 Å². The average molecular weight is 538 g/mol. The molecule has 6 aromatic rings. The number of hydrogen-bond donors (Lipinski definition) is 0. The van der Waals surface area contributed by atoms with Gasteiger partial charge in [-0.3, -0.25) is 0 Å². The number of pyridine rings is 1.